The van der Waals surface area contributed by atoms with E-state index in [9.17, 15) is 9.59 Å². The van der Waals surface area contributed by atoms with E-state index in [1.54, 1.807) is 6.20 Å². The Hall–Kier alpha value is -2.91. The molecule has 6 heteroatoms. The second kappa shape index (κ2) is 8.85. The predicted octanol–water partition coefficient (Wildman–Crippen LogP) is 2.23. The molecule has 4 rings (SSSR count). The number of nitrogens with zero attached hydrogens (tertiary/aromatic N) is 2. The van der Waals surface area contributed by atoms with Gasteiger partial charge in [-0.1, -0.05) is 49.3 Å². The lowest BCUT2D eigenvalue weighted by atomic mass is 9.81. The maximum absolute atomic E-state index is 12.9. The molecule has 2 fully saturated rings. The van der Waals surface area contributed by atoms with E-state index in [0.29, 0.717) is 6.54 Å². The first-order chi connectivity index (χ1) is 14.5. The van der Waals surface area contributed by atoms with Crippen LogP contribution in [0.15, 0.2) is 36.5 Å². The van der Waals surface area contributed by atoms with Crippen molar-refractivity contribution in [1.29, 1.82) is 0 Å². The average Bonchev–Trinajstić information content (AvgIpc) is 2.75. The van der Waals surface area contributed by atoms with Crippen LogP contribution in [0.5, 0.6) is 0 Å². The van der Waals surface area contributed by atoms with E-state index in [1.165, 1.54) is 0 Å². The summed E-state index contributed by atoms with van der Waals surface area (Å²) in [4.78, 5) is 31.5. The molecule has 1 aromatic carbocycles. The minimum absolute atomic E-state index is 0.0788. The molecule has 1 aromatic heterocycles. The molecule has 2 aliphatic rings. The maximum Gasteiger partial charge on any atom is 0.237 e. The van der Waals surface area contributed by atoms with Crippen molar-refractivity contribution in [3.63, 3.8) is 0 Å². The quantitative estimate of drug-likeness (QED) is 0.770. The van der Waals surface area contributed by atoms with Gasteiger partial charge in [-0.3, -0.25) is 19.5 Å². The number of hydrogen-bond acceptors (Lipinski definition) is 4. The Labute approximate surface area is 177 Å². The fourth-order valence-corrected chi connectivity index (χ4v) is 4.34. The monoisotopic (exact) mass is 404 g/mol. The first-order valence-corrected chi connectivity index (χ1v) is 10.7. The van der Waals surface area contributed by atoms with E-state index in [-0.39, 0.29) is 18.2 Å². The van der Waals surface area contributed by atoms with Crippen molar-refractivity contribution in [1.82, 2.24) is 20.5 Å². The molecule has 1 atom stereocenters. The fraction of sp³-hybridized carbons (Fsp3) is 0.458. The first kappa shape index (κ1) is 20.4. The number of rotatable bonds is 3. The number of nitrogens with one attached hydrogen (secondary N) is 2. The molecule has 0 spiro atoms. The molecule has 6 nitrogen and oxygen atoms in total. The zero-order valence-electron chi connectivity index (χ0n) is 17.4. The molecule has 2 heterocycles. The minimum atomic E-state index is -0.537. The van der Waals surface area contributed by atoms with Crippen LogP contribution in [0.3, 0.4) is 0 Å². The largest absolute Gasteiger partial charge is 0.353 e. The maximum atomic E-state index is 12.9. The topological polar surface area (TPSA) is 74.3 Å². The predicted molar refractivity (Wildman–Crippen MR) is 117 cm³/mol. The summed E-state index contributed by atoms with van der Waals surface area (Å²) in [5.74, 6) is 6.43. The number of para-hydroxylation sites is 1. The van der Waals surface area contributed by atoms with Gasteiger partial charge in [-0.2, -0.15) is 0 Å². The van der Waals surface area contributed by atoms with Crippen LogP contribution in [0.25, 0.3) is 10.9 Å². The van der Waals surface area contributed by atoms with E-state index < -0.39 is 11.6 Å². The molecule has 1 saturated heterocycles. The van der Waals surface area contributed by atoms with Crippen molar-refractivity contribution in [3.05, 3.63) is 42.1 Å². The third kappa shape index (κ3) is 4.63. The first-order valence-electron chi connectivity index (χ1n) is 10.7. The summed E-state index contributed by atoms with van der Waals surface area (Å²) < 4.78 is 0. The van der Waals surface area contributed by atoms with Crippen molar-refractivity contribution in [2.24, 2.45) is 0 Å². The lowest BCUT2D eigenvalue weighted by Gasteiger charge is -2.35. The SMILES string of the molecule is CN1CCNC(=O)[C@H]1CC(=O)NC1(C#Cc2cnc3ccccc3c2)CCCCC1. The van der Waals surface area contributed by atoms with Crippen LogP contribution in [0, 0.1) is 11.8 Å². The molecule has 0 radical (unpaired) electrons. The van der Waals surface area contributed by atoms with Crippen LogP contribution in [0.4, 0.5) is 0 Å². The summed E-state index contributed by atoms with van der Waals surface area (Å²) in [7, 11) is 1.89. The van der Waals surface area contributed by atoms with Gasteiger partial charge in [0, 0.05) is 30.2 Å². The van der Waals surface area contributed by atoms with Crippen LogP contribution in [-0.4, -0.2) is 53.4 Å². The normalized spacial score (nSPS) is 21.4. The molecule has 1 saturated carbocycles. The Balaban J connectivity index is 1.52. The number of amides is 2. The van der Waals surface area contributed by atoms with Crippen molar-refractivity contribution < 1.29 is 9.59 Å². The standard InChI is InChI=1S/C24H28N4O2/c1-28-14-13-25-23(30)21(28)16-22(29)27-24(10-5-2-6-11-24)12-9-18-15-19-7-3-4-8-20(19)26-17-18/h3-4,7-8,15,17,21H,2,5-6,10-11,13-14,16H2,1H3,(H,25,30)(H,27,29)/t21-/m1/s1. The van der Waals surface area contributed by atoms with Gasteiger partial charge < -0.3 is 10.6 Å². The number of aromatic nitrogens is 1. The van der Waals surface area contributed by atoms with E-state index in [0.717, 1.165) is 55.1 Å². The lowest BCUT2D eigenvalue weighted by molar-refractivity contribution is -0.133. The third-order valence-electron chi connectivity index (χ3n) is 6.10. The summed E-state index contributed by atoms with van der Waals surface area (Å²) in [5.41, 5.74) is 1.25. The van der Waals surface area contributed by atoms with Gasteiger partial charge >= 0.3 is 0 Å². The highest BCUT2D eigenvalue weighted by Crippen LogP contribution is 2.28. The Morgan fingerprint density at radius 2 is 2.10 bits per heavy atom. The van der Waals surface area contributed by atoms with Gasteiger partial charge in [0.15, 0.2) is 0 Å². The van der Waals surface area contributed by atoms with Crippen molar-refractivity contribution in [3.8, 4) is 11.8 Å². The molecular weight excluding hydrogens is 376 g/mol. The third-order valence-corrected chi connectivity index (χ3v) is 6.10. The molecule has 2 aromatic rings. The van der Waals surface area contributed by atoms with E-state index in [4.69, 9.17) is 0 Å². The van der Waals surface area contributed by atoms with Crippen molar-refractivity contribution in [2.45, 2.75) is 50.1 Å². The summed E-state index contributed by atoms with van der Waals surface area (Å²) in [6, 6.07) is 9.58. The summed E-state index contributed by atoms with van der Waals surface area (Å²) in [6.07, 6.45) is 6.84. The fourth-order valence-electron chi connectivity index (χ4n) is 4.34. The lowest BCUT2D eigenvalue weighted by Crippen LogP contribution is -2.56. The van der Waals surface area contributed by atoms with Crippen LogP contribution < -0.4 is 10.6 Å². The Bertz CT molecular complexity index is 1000. The summed E-state index contributed by atoms with van der Waals surface area (Å²) in [6.45, 7) is 1.38. The Kier molecular flexibility index (Phi) is 6.01. The number of piperazine rings is 1. The molecular formula is C24H28N4O2. The second-order valence-corrected chi connectivity index (χ2v) is 8.35. The van der Waals surface area contributed by atoms with E-state index in [1.807, 2.05) is 42.3 Å². The van der Waals surface area contributed by atoms with E-state index >= 15 is 0 Å². The summed E-state index contributed by atoms with van der Waals surface area (Å²) >= 11 is 0. The van der Waals surface area contributed by atoms with Gasteiger partial charge in [-0.05, 0) is 32.0 Å². The highest BCUT2D eigenvalue weighted by molar-refractivity contribution is 5.89. The molecule has 2 N–H and O–H groups in total. The molecule has 156 valence electrons. The summed E-state index contributed by atoms with van der Waals surface area (Å²) in [5, 5.41) is 7.09. The van der Waals surface area contributed by atoms with Gasteiger partial charge in [0.2, 0.25) is 11.8 Å². The number of likely N-dealkylation sites (N-methyl/N-ethyl adjacent to an activating group) is 1. The zero-order valence-corrected chi connectivity index (χ0v) is 17.4. The number of hydrogen-bond donors (Lipinski definition) is 2. The molecule has 0 bridgehead atoms. The van der Waals surface area contributed by atoms with Gasteiger partial charge in [-0.25, -0.2) is 0 Å². The van der Waals surface area contributed by atoms with Gasteiger partial charge in [-0.15, -0.1) is 0 Å². The number of pyridine rings is 1. The minimum Gasteiger partial charge on any atom is -0.353 e. The number of carbonyl (C=O) groups is 2. The molecule has 2 amide bonds. The van der Waals surface area contributed by atoms with E-state index in [2.05, 4.69) is 27.5 Å². The smallest absolute Gasteiger partial charge is 0.237 e. The molecule has 0 unspecified atom stereocenters. The highest BCUT2D eigenvalue weighted by atomic mass is 16.2. The Morgan fingerprint density at radius 1 is 1.30 bits per heavy atom. The zero-order chi connectivity index (χ0) is 21.0. The highest BCUT2D eigenvalue weighted by Gasteiger charge is 2.35. The molecule has 1 aliphatic heterocycles. The van der Waals surface area contributed by atoms with Crippen LogP contribution in [-0.2, 0) is 9.59 Å². The molecule has 30 heavy (non-hydrogen) atoms. The van der Waals surface area contributed by atoms with Crippen molar-refractivity contribution in [2.75, 3.05) is 20.1 Å². The number of benzene rings is 1. The van der Waals surface area contributed by atoms with Gasteiger partial charge in [0.05, 0.1) is 18.0 Å². The van der Waals surface area contributed by atoms with Crippen LogP contribution in [0.2, 0.25) is 0 Å². The van der Waals surface area contributed by atoms with Gasteiger partial charge in [0.1, 0.15) is 5.54 Å². The number of carbonyl (C=O) groups excluding carboxylic acids is 2. The second-order valence-electron chi connectivity index (χ2n) is 8.35. The van der Waals surface area contributed by atoms with Crippen molar-refractivity contribution >= 4 is 22.7 Å². The van der Waals surface area contributed by atoms with Gasteiger partial charge in [0.25, 0.3) is 0 Å². The molecule has 1 aliphatic carbocycles. The average molecular weight is 405 g/mol. The Morgan fingerprint density at radius 3 is 2.90 bits per heavy atom. The van der Waals surface area contributed by atoms with Crippen LogP contribution in [0.1, 0.15) is 44.1 Å². The van der Waals surface area contributed by atoms with Crippen LogP contribution >= 0.6 is 0 Å². The number of fused-ring (bicyclic) bond motifs is 1.